The molecule has 0 aliphatic carbocycles. The van der Waals surface area contributed by atoms with E-state index in [9.17, 15) is 14.4 Å². The van der Waals surface area contributed by atoms with Gasteiger partial charge in [0.25, 0.3) is 5.91 Å². The minimum Gasteiger partial charge on any atom is -0.480 e. The van der Waals surface area contributed by atoms with Crippen LogP contribution in [0, 0.1) is 6.92 Å². The molecule has 0 bridgehead atoms. The van der Waals surface area contributed by atoms with Crippen LogP contribution in [0.2, 0.25) is 0 Å². The standard InChI is InChI=1S/C11H12N2O4S/c1-6-2-9(14)7(3-12-6)10(15)13-5-18-4-8(13)11(16)17/h2-3,8H,4-5H2,1H3,(H,12,14)(H,16,17). The molecule has 1 unspecified atom stereocenters. The van der Waals surface area contributed by atoms with Crippen molar-refractivity contribution in [1.29, 1.82) is 0 Å². The number of carbonyl (C=O) groups is 2. The molecular formula is C11H12N2O4S. The number of rotatable bonds is 2. The number of thioether (sulfide) groups is 1. The van der Waals surface area contributed by atoms with E-state index in [-0.39, 0.29) is 5.56 Å². The van der Waals surface area contributed by atoms with E-state index in [1.165, 1.54) is 28.9 Å². The number of carbonyl (C=O) groups excluding carboxylic acids is 1. The van der Waals surface area contributed by atoms with Gasteiger partial charge in [0.15, 0.2) is 5.43 Å². The third kappa shape index (κ3) is 2.26. The summed E-state index contributed by atoms with van der Waals surface area (Å²) in [6.45, 7) is 1.71. The molecule has 7 heteroatoms. The first-order valence-electron chi connectivity index (χ1n) is 5.31. The predicted octanol–water partition coefficient (Wildman–Crippen LogP) is 0.283. The van der Waals surface area contributed by atoms with Gasteiger partial charge in [0.05, 0.1) is 5.88 Å². The molecule has 18 heavy (non-hydrogen) atoms. The Balaban J connectivity index is 2.31. The molecule has 2 N–H and O–H groups in total. The first-order valence-corrected chi connectivity index (χ1v) is 6.47. The van der Waals surface area contributed by atoms with Crippen molar-refractivity contribution in [2.24, 2.45) is 0 Å². The van der Waals surface area contributed by atoms with E-state index in [0.717, 1.165) is 0 Å². The van der Waals surface area contributed by atoms with Gasteiger partial charge in [-0.25, -0.2) is 4.79 Å². The van der Waals surface area contributed by atoms with Gasteiger partial charge < -0.3 is 15.0 Å². The molecule has 2 rings (SSSR count). The SMILES string of the molecule is Cc1cc(=O)c(C(=O)N2CSCC2C(=O)O)c[nH]1. The van der Waals surface area contributed by atoms with Crippen LogP contribution >= 0.6 is 11.8 Å². The third-order valence-electron chi connectivity index (χ3n) is 2.72. The lowest BCUT2D eigenvalue weighted by Crippen LogP contribution is -2.43. The molecule has 1 aromatic heterocycles. The number of carboxylic acids is 1. The molecule has 1 aliphatic rings. The number of hydrogen-bond acceptors (Lipinski definition) is 4. The van der Waals surface area contributed by atoms with Crippen LogP contribution in [0.4, 0.5) is 0 Å². The number of nitrogens with one attached hydrogen (secondary N) is 1. The topological polar surface area (TPSA) is 90.5 Å². The summed E-state index contributed by atoms with van der Waals surface area (Å²) in [7, 11) is 0. The lowest BCUT2D eigenvalue weighted by atomic mass is 10.2. The van der Waals surface area contributed by atoms with E-state index in [1.807, 2.05) is 0 Å². The zero-order valence-electron chi connectivity index (χ0n) is 9.67. The maximum Gasteiger partial charge on any atom is 0.327 e. The number of nitrogens with zero attached hydrogens (tertiary/aromatic N) is 1. The number of pyridine rings is 1. The monoisotopic (exact) mass is 268 g/mol. The lowest BCUT2D eigenvalue weighted by Gasteiger charge is -2.19. The van der Waals surface area contributed by atoms with Crippen LogP contribution in [0.15, 0.2) is 17.1 Å². The van der Waals surface area contributed by atoms with Crippen molar-refractivity contribution in [3.05, 3.63) is 33.7 Å². The summed E-state index contributed by atoms with van der Waals surface area (Å²) in [6, 6.07) is 0.467. The Kier molecular flexibility index (Phi) is 3.42. The number of aromatic amines is 1. The molecule has 1 atom stereocenters. The van der Waals surface area contributed by atoms with Crippen molar-refractivity contribution < 1.29 is 14.7 Å². The number of aliphatic carboxylic acids is 1. The van der Waals surface area contributed by atoms with Gasteiger partial charge in [-0.15, -0.1) is 11.8 Å². The summed E-state index contributed by atoms with van der Waals surface area (Å²) >= 11 is 1.36. The maximum atomic E-state index is 12.1. The highest BCUT2D eigenvalue weighted by Crippen LogP contribution is 2.22. The molecule has 96 valence electrons. The molecule has 1 fully saturated rings. The summed E-state index contributed by atoms with van der Waals surface area (Å²) < 4.78 is 0. The largest absolute Gasteiger partial charge is 0.480 e. The Labute approximate surface area is 107 Å². The first-order chi connectivity index (χ1) is 8.50. The van der Waals surface area contributed by atoms with Crippen LogP contribution in [0.1, 0.15) is 16.1 Å². The number of amides is 1. The molecule has 6 nitrogen and oxygen atoms in total. The second kappa shape index (κ2) is 4.85. The van der Waals surface area contributed by atoms with Crippen molar-refractivity contribution in [3.63, 3.8) is 0 Å². The predicted molar refractivity (Wildman–Crippen MR) is 66.7 cm³/mol. The Hall–Kier alpha value is -1.76. The number of aromatic nitrogens is 1. The summed E-state index contributed by atoms with van der Waals surface area (Å²) in [5, 5.41) is 9.00. The molecule has 0 spiro atoms. The average Bonchev–Trinajstić information content (AvgIpc) is 2.77. The van der Waals surface area contributed by atoms with Gasteiger partial charge >= 0.3 is 5.97 Å². The van der Waals surface area contributed by atoms with E-state index in [1.54, 1.807) is 6.92 Å². The van der Waals surface area contributed by atoms with Crippen LogP contribution < -0.4 is 5.43 Å². The summed E-state index contributed by atoms with van der Waals surface area (Å²) in [5.41, 5.74) is 0.244. The quantitative estimate of drug-likeness (QED) is 0.804. The summed E-state index contributed by atoms with van der Waals surface area (Å²) in [5.74, 6) is -0.931. The number of H-pyrrole nitrogens is 1. The highest BCUT2D eigenvalue weighted by molar-refractivity contribution is 7.99. The van der Waals surface area contributed by atoms with Gasteiger partial charge in [-0.2, -0.15) is 0 Å². The van der Waals surface area contributed by atoms with Crippen LogP contribution in [-0.4, -0.2) is 44.5 Å². The van der Waals surface area contributed by atoms with Crippen LogP contribution in [0.5, 0.6) is 0 Å². The van der Waals surface area contributed by atoms with Crippen molar-refractivity contribution >= 4 is 23.6 Å². The van der Waals surface area contributed by atoms with E-state index < -0.39 is 23.3 Å². The molecule has 2 heterocycles. The second-order valence-corrected chi connectivity index (χ2v) is 5.02. The zero-order chi connectivity index (χ0) is 13.3. The molecule has 0 aromatic carbocycles. The van der Waals surface area contributed by atoms with E-state index in [0.29, 0.717) is 17.3 Å². The van der Waals surface area contributed by atoms with Gasteiger partial charge in [0.2, 0.25) is 0 Å². The Bertz CT molecular complexity index is 554. The van der Waals surface area contributed by atoms with Crippen LogP contribution in [0.3, 0.4) is 0 Å². The molecule has 1 aliphatic heterocycles. The third-order valence-corrected chi connectivity index (χ3v) is 3.73. The minimum atomic E-state index is -1.04. The molecular weight excluding hydrogens is 256 g/mol. The van der Waals surface area contributed by atoms with E-state index >= 15 is 0 Å². The van der Waals surface area contributed by atoms with Gasteiger partial charge in [-0.1, -0.05) is 0 Å². The highest BCUT2D eigenvalue weighted by Gasteiger charge is 2.35. The van der Waals surface area contributed by atoms with Crippen molar-refractivity contribution in [2.75, 3.05) is 11.6 Å². The fourth-order valence-electron chi connectivity index (χ4n) is 1.74. The molecule has 1 saturated heterocycles. The van der Waals surface area contributed by atoms with Gasteiger partial charge in [0, 0.05) is 23.7 Å². The van der Waals surface area contributed by atoms with Crippen LogP contribution in [0.25, 0.3) is 0 Å². The zero-order valence-corrected chi connectivity index (χ0v) is 10.5. The first kappa shape index (κ1) is 12.7. The van der Waals surface area contributed by atoms with E-state index in [2.05, 4.69) is 4.98 Å². The van der Waals surface area contributed by atoms with Gasteiger partial charge in [-0.3, -0.25) is 9.59 Å². The molecule has 0 radical (unpaired) electrons. The number of hydrogen-bond donors (Lipinski definition) is 2. The average molecular weight is 268 g/mol. The smallest absolute Gasteiger partial charge is 0.327 e. The van der Waals surface area contributed by atoms with Crippen molar-refractivity contribution in [3.8, 4) is 0 Å². The number of aryl methyl sites for hydroxylation is 1. The molecule has 1 aromatic rings. The fraction of sp³-hybridized carbons (Fsp3) is 0.364. The molecule has 0 saturated carbocycles. The minimum absolute atomic E-state index is 0.0191. The van der Waals surface area contributed by atoms with Crippen LogP contribution in [-0.2, 0) is 4.79 Å². The van der Waals surface area contributed by atoms with Crippen molar-refractivity contribution in [2.45, 2.75) is 13.0 Å². The Morgan fingerprint density at radius 3 is 2.89 bits per heavy atom. The maximum absolute atomic E-state index is 12.1. The second-order valence-electron chi connectivity index (χ2n) is 4.02. The van der Waals surface area contributed by atoms with Crippen molar-refractivity contribution in [1.82, 2.24) is 9.88 Å². The molecule has 1 amide bonds. The van der Waals surface area contributed by atoms with E-state index in [4.69, 9.17) is 5.11 Å². The Morgan fingerprint density at radius 1 is 1.56 bits per heavy atom. The highest BCUT2D eigenvalue weighted by atomic mass is 32.2. The normalized spacial score (nSPS) is 18.9. The summed E-state index contributed by atoms with van der Waals surface area (Å²) in [6.07, 6.45) is 1.34. The summed E-state index contributed by atoms with van der Waals surface area (Å²) in [4.78, 5) is 38.8. The number of carboxylic acid groups (broad SMARTS) is 1. The fourth-order valence-corrected chi connectivity index (χ4v) is 2.89. The van der Waals surface area contributed by atoms with Gasteiger partial charge in [0.1, 0.15) is 11.6 Å². The van der Waals surface area contributed by atoms with Gasteiger partial charge in [-0.05, 0) is 6.92 Å². The Morgan fingerprint density at radius 2 is 2.28 bits per heavy atom. The lowest BCUT2D eigenvalue weighted by molar-refractivity contribution is -0.140.